The maximum Gasteiger partial charge on any atom is 0.433 e. The first-order valence-corrected chi connectivity index (χ1v) is 5.94. The van der Waals surface area contributed by atoms with E-state index in [1.54, 1.807) is 0 Å². The summed E-state index contributed by atoms with van der Waals surface area (Å²) in [6, 6.07) is 1.63. The fourth-order valence-electron chi connectivity index (χ4n) is 1.66. The van der Waals surface area contributed by atoms with Gasteiger partial charge in [0.15, 0.2) is 0 Å². The van der Waals surface area contributed by atoms with E-state index in [1.165, 1.54) is 11.9 Å². The molecule has 0 aromatic carbocycles. The molecule has 0 aliphatic rings. The molecule has 0 saturated heterocycles. The van der Waals surface area contributed by atoms with Gasteiger partial charge in [-0.15, -0.1) is 0 Å². The van der Waals surface area contributed by atoms with Crippen LogP contribution >= 0.6 is 0 Å². The number of carbonyl (C=O) groups is 2. The SMILES string of the molecule is CN(CCCC(=O)O)c1nc(C(F)(F)F)ccc1C(N)=O. The Bertz CT molecular complexity index is 546. The van der Waals surface area contributed by atoms with Crippen LogP contribution in [-0.2, 0) is 11.0 Å². The van der Waals surface area contributed by atoms with Crippen molar-refractivity contribution in [3.63, 3.8) is 0 Å². The molecule has 9 heteroatoms. The van der Waals surface area contributed by atoms with E-state index in [0.29, 0.717) is 6.07 Å². The number of rotatable bonds is 6. The Morgan fingerprint density at radius 2 is 2.00 bits per heavy atom. The Balaban J connectivity index is 3.05. The first-order valence-electron chi connectivity index (χ1n) is 5.94. The van der Waals surface area contributed by atoms with Crippen molar-refractivity contribution < 1.29 is 27.9 Å². The number of nitrogens with zero attached hydrogens (tertiary/aromatic N) is 2. The van der Waals surface area contributed by atoms with E-state index in [0.717, 1.165) is 6.07 Å². The van der Waals surface area contributed by atoms with Crippen LogP contribution in [0.25, 0.3) is 0 Å². The molecule has 0 aliphatic heterocycles. The summed E-state index contributed by atoms with van der Waals surface area (Å²) in [5.41, 5.74) is 3.81. The summed E-state index contributed by atoms with van der Waals surface area (Å²) in [6.07, 6.45) is -4.59. The standard InChI is InChI=1S/C12H14F3N3O3/c1-18(6-2-3-9(19)20)11-7(10(16)21)4-5-8(17-11)12(13,14)15/h4-5H,2-3,6H2,1H3,(H2,16,21)(H,19,20). The number of hydrogen-bond donors (Lipinski definition) is 2. The molecule has 0 fully saturated rings. The molecule has 116 valence electrons. The largest absolute Gasteiger partial charge is 0.481 e. The van der Waals surface area contributed by atoms with Crippen LogP contribution in [0.15, 0.2) is 12.1 Å². The number of primary amides is 1. The Labute approximate surface area is 118 Å². The third-order valence-corrected chi connectivity index (χ3v) is 2.68. The minimum absolute atomic E-state index is 0.126. The van der Waals surface area contributed by atoms with E-state index in [9.17, 15) is 22.8 Å². The van der Waals surface area contributed by atoms with Crippen molar-refractivity contribution in [3.8, 4) is 0 Å². The molecule has 6 nitrogen and oxygen atoms in total. The summed E-state index contributed by atoms with van der Waals surface area (Å²) in [5, 5.41) is 8.53. The average molecular weight is 305 g/mol. The predicted molar refractivity (Wildman–Crippen MR) is 67.9 cm³/mol. The van der Waals surface area contributed by atoms with Crippen LogP contribution in [0.4, 0.5) is 19.0 Å². The first-order chi connectivity index (χ1) is 9.62. The van der Waals surface area contributed by atoms with E-state index in [-0.39, 0.29) is 30.8 Å². The molecule has 1 aromatic rings. The molecule has 1 rings (SSSR count). The molecule has 21 heavy (non-hydrogen) atoms. The van der Waals surface area contributed by atoms with Gasteiger partial charge in [-0.2, -0.15) is 13.2 Å². The quantitative estimate of drug-likeness (QED) is 0.830. The number of carboxylic acids is 1. The number of carboxylic acid groups (broad SMARTS) is 1. The number of aliphatic carboxylic acids is 1. The minimum atomic E-state index is -4.65. The van der Waals surface area contributed by atoms with Crippen LogP contribution in [0.3, 0.4) is 0 Å². The number of carbonyl (C=O) groups excluding carboxylic acids is 1. The van der Waals surface area contributed by atoms with Gasteiger partial charge in [-0.1, -0.05) is 0 Å². The zero-order valence-corrected chi connectivity index (χ0v) is 11.1. The minimum Gasteiger partial charge on any atom is -0.481 e. The number of pyridine rings is 1. The summed E-state index contributed by atoms with van der Waals surface area (Å²) >= 11 is 0. The molecule has 0 spiro atoms. The highest BCUT2D eigenvalue weighted by molar-refractivity contribution is 5.97. The summed E-state index contributed by atoms with van der Waals surface area (Å²) in [7, 11) is 1.41. The number of anilines is 1. The number of amides is 1. The smallest absolute Gasteiger partial charge is 0.433 e. The second-order valence-electron chi connectivity index (χ2n) is 4.35. The van der Waals surface area contributed by atoms with Gasteiger partial charge < -0.3 is 15.7 Å². The second kappa shape index (κ2) is 6.42. The molecule has 3 N–H and O–H groups in total. The number of alkyl halides is 3. The van der Waals surface area contributed by atoms with Gasteiger partial charge in [-0.3, -0.25) is 9.59 Å². The van der Waals surface area contributed by atoms with Gasteiger partial charge in [0.1, 0.15) is 11.5 Å². The fourth-order valence-corrected chi connectivity index (χ4v) is 1.66. The van der Waals surface area contributed by atoms with Crippen molar-refractivity contribution in [2.24, 2.45) is 5.73 Å². The van der Waals surface area contributed by atoms with Crippen molar-refractivity contribution >= 4 is 17.7 Å². The van der Waals surface area contributed by atoms with Crippen molar-refractivity contribution in [2.45, 2.75) is 19.0 Å². The lowest BCUT2D eigenvalue weighted by Crippen LogP contribution is -2.26. The molecule has 0 atom stereocenters. The molecule has 1 amide bonds. The third kappa shape index (κ3) is 4.62. The molecule has 0 unspecified atom stereocenters. The maximum atomic E-state index is 12.6. The molecule has 0 radical (unpaired) electrons. The lowest BCUT2D eigenvalue weighted by molar-refractivity contribution is -0.141. The average Bonchev–Trinajstić information content (AvgIpc) is 2.36. The molecular weight excluding hydrogens is 291 g/mol. The predicted octanol–water partition coefficient (Wildman–Crippen LogP) is 1.50. The fraction of sp³-hybridized carbons (Fsp3) is 0.417. The van der Waals surface area contributed by atoms with Crippen LogP contribution in [-0.4, -0.2) is 35.6 Å². The first kappa shape index (κ1) is 16.7. The van der Waals surface area contributed by atoms with E-state index in [1.807, 2.05) is 0 Å². The van der Waals surface area contributed by atoms with Crippen LogP contribution < -0.4 is 10.6 Å². The highest BCUT2D eigenvalue weighted by atomic mass is 19.4. The van der Waals surface area contributed by atoms with E-state index in [4.69, 9.17) is 10.8 Å². The van der Waals surface area contributed by atoms with Crippen LogP contribution in [0.2, 0.25) is 0 Å². The Kier molecular flexibility index (Phi) is 5.12. The lowest BCUT2D eigenvalue weighted by atomic mass is 10.2. The normalized spacial score (nSPS) is 11.2. The Morgan fingerprint density at radius 3 is 2.48 bits per heavy atom. The van der Waals surface area contributed by atoms with Crippen molar-refractivity contribution in [1.82, 2.24) is 4.98 Å². The zero-order chi connectivity index (χ0) is 16.2. The molecule has 0 aliphatic carbocycles. The number of nitrogens with two attached hydrogens (primary N) is 1. The lowest BCUT2D eigenvalue weighted by Gasteiger charge is -2.21. The zero-order valence-electron chi connectivity index (χ0n) is 11.1. The maximum absolute atomic E-state index is 12.6. The number of hydrogen-bond acceptors (Lipinski definition) is 4. The van der Waals surface area contributed by atoms with Gasteiger partial charge >= 0.3 is 12.1 Å². The molecule has 0 bridgehead atoms. The third-order valence-electron chi connectivity index (χ3n) is 2.68. The number of halogens is 3. The Hall–Kier alpha value is -2.32. The van der Waals surface area contributed by atoms with Gasteiger partial charge in [0.25, 0.3) is 5.91 Å². The summed E-state index contributed by atoms with van der Waals surface area (Å²) in [4.78, 5) is 26.4. The number of aromatic nitrogens is 1. The highest BCUT2D eigenvalue weighted by Crippen LogP contribution is 2.30. The molecule has 0 saturated carbocycles. The highest BCUT2D eigenvalue weighted by Gasteiger charge is 2.33. The topological polar surface area (TPSA) is 96.5 Å². The van der Waals surface area contributed by atoms with E-state index in [2.05, 4.69) is 4.98 Å². The van der Waals surface area contributed by atoms with Crippen LogP contribution in [0, 0.1) is 0 Å². The van der Waals surface area contributed by atoms with Gasteiger partial charge in [-0.25, -0.2) is 4.98 Å². The van der Waals surface area contributed by atoms with Crippen molar-refractivity contribution in [2.75, 3.05) is 18.5 Å². The van der Waals surface area contributed by atoms with E-state index >= 15 is 0 Å². The summed E-state index contributed by atoms with van der Waals surface area (Å²) in [6.45, 7) is 0.126. The van der Waals surface area contributed by atoms with Gasteiger partial charge in [0.05, 0.1) is 5.56 Å². The van der Waals surface area contributed by atoms with Crippen molar-refractivity contribution in [3.05, 3.63) is 23.4 Å². The molecular formula is C12H14F3N3O3. The molecule has 1 heterocycles. The molecule has 1 aromatic heterocycles. The van der Waals surface area contributed by atoms with E-state index < -0.39 is 23.7 Å². The summed E-state index contributed by atoms with van der Waals surface area (Å²) in [5.74, 6) is -2.14. The van der Waals surface area contributed by atoms with Gasteiger partial charge in [0.2, 0.25) is 0 Å². The summed E-state index contributed by atoms with van der Waals surface area (Å²) < 4.78 is 37.9. The van der Waals surface area contributed by atoms with Gasteiger partial charge in [0, 0.05) is 20.0 Å². The van der Waals surface area contributed by atoms with Crippen LogP contribution in [0.1, 0.15) is 28.9 Å². The monoisotopic (exact) mass is 305 g/mol. The second-order valence-corrected chi connectivity index (χ2v) is 4.35. The van der Waals surface area contributed by atoms with Gasteiger partial charge in [-0.05, 0) is 18.6 Å². The van der Waals surface area contributed by atoms with Crippen LogP contribution in [0.5, 0.6) is 0 Å². The Morgan fingerprint density at radius 1 is 1.38 bits per heavy atom. The van der Waals surface area contributed by atoms with Crippen molar-refractivity contribution in [1.29, 1.82) is 0 Å².